The van der Waals surface area contributed by atoms with Gasteiger partial charge in [0.25, 0.3) is 0 Å². The van der Waals surface area contributed by atoms with Gasteiger partial charge in [0.1, 0.15) is 11.9 Å². The van der Waals surface area contributed by atoms with Crippen LogP contribution in [0.4, 0.5) is 0 Å². The van der Waals surface area contributed by atoms with Gasteiger partial charge in [-0.05, 0) is 57.6 Å². The van der Waals surface area contributed by atoms with E-state index in [2.05, 4.69) is 31.9 Å². The average Bonchev–Trinajstić information content (AvgIpc) is 2.78. The van der Waals surface area contributed by atoms with E-state index < -0.39 is 6.10 Å². The number of rotatable bonds is 3. The van der Waals surface area contributed by atoms with E-state index in [1.807, 2.05) is 30.5 Å². The third kappa shape index (κ3) is 2.79. The summed E-state index contributed by atoms with van der Waals surface area (Å²) < 4.78 is 7.31. The van der Waals surface area contributed by atoms with Gasteiger partial charge in [0.15, 0.2) is 0 Å². The van der Waals surface area contributed by atoms with Crippen LogP contribution in [0.1, 0.15) is 22.8 Å². The minimum atomic E-state index is -0.681. The van der Waals surface area contributed by atoms with Crippen molar-refractivity contribution in [3.63, 3.8) is 0 Å². The highest BCUT2D eigenvalue weighted by molar-refractivity contribution is 9.11. The predicted octanol–water partition coefficient (Wildman–Crippen LogP) is 4.67. The fourth-order valence-corrected chi connectivity index (χ4v) is 3.26. The average molecular weight is 392 g/mol. The monoisotopic (exact) mass is 390 g/mol. The summed E-state index contributed by atoms with van der Waals surface area (Å²) >= 11 is 8.44. The fourth-order valence-electron chi connectivity index (χ4n) is 1.71. The van der Waals surface area contributed by atoms with E-state index >= 15 is 0 Å². The van der Waals surface area contributed by atoms with E-state index in [1.54, 1.807) is 18.4 Å². The topological polar surface area (TPSA) is 29.5 Å². The molecule has 0 aliphatic carbocycles. The van der Waals surface area contributed by atoms with Crippen molar-refractivity contribution in [2.75, 3.05) is 7.11 Å². The summed E-state index contributed by atoms with van der Waals surface area (Å²) in [6.07, 6.45) is -0.681. The molecule has 0 bridgehead atoms. The highest BCUT2D eigenvalue weighted by Gasteiger charge is 2.18. The van der Waals surface area contributed by atoms with Gasteiger partial charge in [0.05, 0.1) is 10.9 Å². The van der Waals surface area contributed by atoms with Crippen molar-refractivity contribution in [2.24, 2.45) is 0 Å². The van der Waals surface area contributed by atoms with E-state index in [4.69, 9.17) is 4.74 Å². The summed E-state index contributed by atoms with van der Waals surface area (Å²) in [7, 11) is 1.61. The molecule has 0 saturated carbocycles. The van der Waals surface area contributed by atoms with E-state index in [0.29, 0.717) is 5.75 Å². The van der Waals surface area contributed by atoms with Gasteiger partial charge in [-0.3, -0.25) is 0 Å². The summed E-state index contributed by atoms with van der Waals surface area (Å²) in [5.74, 6) is 0.700. The van der Waals surface area contributed by atoms with Crippen LogP contribution < -0.4 is 4.74 Å². The Morgan fingerprint density at radius 1 is 1.28 bits per heavy atom. The SMILES string of the molecule is COc1cc(C)c(Br)cc1C(O)c1csc(Br)c1. The summed E-state index contributed by atoms with van der Waals surface area (Å²) in [6.45, 7) is 1.99. The quantitative estimate of drug-likeness (QED) is 0.823. The maximum absolute atomic E-state index is 10.4. The second-order valence-corrected chi connectivity index (χ2v) is 7.07. The number of ether oxygens (including phenoxy) is 1. The van der Waals surface area contributed by atoms with Crippen molar-refractivity contribution in [1.29, 1.82) is 0 Å². The first-order chi connectivity index (χ1) is 8.52. The molecule has 0 aliphatic rings. The number of aryl methyl sites for hydroxylation is 1. The zero-order valence-corrected chi connectivity index (χ0v) is 13.9. The summed E-state index contributed by atoms with van der Waals surface area (Å²) in [4.78, 5) is 0. The molecule has 1 atom stereocenters. The molecule has 0 fully saturated rings. The highest BCUT2D eigenvalue weighted by atomic mass is 79.9. The molecule has 0 amide bonds. The Hall–Kier alpha value is -0.360. The van der Waals surface area contributed by atoms with E-state index in [0.717, 1.165) is 24.9 Å². The molecular weight excluding hydrogens is 380 g/mol. The Balaban J connectivity index is 2.46. The van der Waals surface area contributed by atoms with E-state index in [1.165, 1.54) is 0 Å². The van der Waals surface area contributed by atoms with Crippen molar-refractivity contribution < 1.29 is 9.84 Å². The molecule has 0 spiro atoms. The molecule has 18 heavy (non-hydrogen) atoms. The van der Waals surface area contributed by atoms with Gasteiger partial charge in [-0.15, -0.1) is 11.3 Å². The van der Waals surface area contributed by atoms with Gasteiger partial charge in [-0.1, -0.05) is 15.9 Å². The predicted molar refractivity (Wildman–Crippen MR) is 81.5 cm³/mol. The number of hydrogen-bond acceptors (Lipinski definition) is 3. The second-order valence-electron chi connectivity index (χ2n) is 3.93. The standard InChI is InChI=1S/C13H12Br2O2S/c1-7-3-11(17-2)9(5-10(7)14)13(16)8-4-12(15)18-6-8/h3-6,13,16H,1-2H3. The first-order valence-electron chi connectivity index (χ1n) is 5.29. The van der Waals surface area contributed by atoms with Gasteiger partial charge >= 0.3 is 0 Å². The number of benzene rings is 1. The maximum Gasteiger partial charge on any atom is 0.125 e. The molecule has 96 valence electrons. The minimum absolute atomic E-state index is 0.681. The number of halogens is 2. The minimum Gasteiger partial charge on any atom is -0.496 e. The van der Waals surface area contributed by atoms with Crippen LogP contribution in [-0.2, 0) is 0 Å². The van der Waals surface area contributed by atoms with Gasteiger partial charge in [-0.2, -0.15) is 0 Å². The fraction of sp³-hybridized carbons (Fsp3) is 0.231. The molecular formula is C13H12Br2O2S. The van der Waals surface area contributed by atoms with E-state index in [9.17, 15) is 5.11 Å². The number of thiophene rings is 1. The molecule has 2 nitrogen and oxygen atoms in total. The normalized spacial score (nSPS) is 12.5. The molecule has 1 aromatic heterocycles. The Bertz CT molecular complexity index is 566. The zero-order valence-electron chi connectivity index (χ0n) is 9.91. The van der Waals surface area contributed by atoms with Crippen LogP contribution in [0.25, 0.3) is 0 Å². The number of aliphatic hydroxyl groups is 1. The van der Waals surface area contributed by atoms with Crippen molar-refractivity contribution in [3.8, 4) is 5.75 Å². The number of hydrogen-bond donors (Lipinski definition) is 1. The smallest absolute Gasteiger partial charge is 0.125 e. The molecule has 1 N–H and O–H groups in total. The first-order valence-corrected chi connectivity index (χ1v) is 7.75. The Labute approximate surface area is 127 Å². The van der Waals surface area contributed by atoms with E-state index in [-0.39, 0.29) is 0 Å². The first kappa shape index (κ1) is 14.1. The Morgan fingerprint density at radius 3 is 2.56 bits per heavy atom. The zero-order chi connectivity index (χ0) is 13.3. The van der Waals surface area contributed by atoms with Gasteiger partial charge < -0.3 is 9.84 Å². The number of methoxy groups -OCH3 is 1. The van der Waals surface area contributed by atoms with Crippen LogP contribution in [-0.4, -0.2) is 12.2 Å². The molecule has 1 unspecified atom stereocenters. The number of aliphatic hydroxyl groups excluding tert-OH is 1. The van der Waals surface area contributed by atoms with Crippen molar-refractivity contribution in [1.82, 2.24) is 0 Å². The molecule has 1 aromatic carbocycles. The molecule has 2 aromatic rings. The van der Waals surface area contributed by atoms with Gasteiger partial charge in [0, 0.05) is 10.0 Å². The third-order valence-electron chi connectivity index (χ3n) is 2.71. The van der Waals surface area contributed by atoms with Crippen LogP contribution in [0.15, 0.2) is 31.8 Å². The second kappa shape index (κ2) is 5.74. The lowest BCUT2D eigenvalue weighted by molar-refractivity contribution is 0.215. The van der Waals surface area contributed by atoms with Gasteiger partial charge in [-0.25, -0.2) is 0 Å². The van der Waals surface area contributed by atoms with Crippen LogP contribution in [0, 0.1) is 6.92 Å². The van der Waals surface area contributed by atoms with Gasteiger partial charge in [0.2, 0.25) is 0 Å². The summed E-state index contributed by atoms with van der Waals surface area (Å²) in [6, 6.07) is 5.75. The van der Waals surface area contributed by atoms with Crippen LogP contribution >= 0.6 is 43.2 Å². The van der Waals surface area contributed by atoms with Crippen molar-refractivity contribution in [3.05, 3.63) is 48.5 Å². The van der Waals surface area contributed by atoms with Crippen molar-refractivity contribution in [2.45, 2.75) is 13.0 Å². The van der Waals surface area contributed by atoms with Crippen molar-refractivity contribution >= 4 is 43.2 Å². The van der Waals surface area contributed by atoms with Crippen LogP contribution in [0.2, 0.25) is 0 Å². The Morgan fingerprint density at radius 2 is 2.00 bits per heavy atom. The molecule has 0 aliphatic heterocycles. The van der Waals surface area contributed by atoms with Crippen LogP contribution in [0.5, 0.6) is 5.75 Å². The molecule has 2 rings (SSSR count). The lowest BCUT2D eigenvalue weighted by Crippen LogP contribution is -2.02. The molecule has 1 heterocycles. The third-order valence-corrected chi connectivity index (χ3v) is 5.09. The summed E-state index contributed by atoms with van der Waals surface area (Å²) in [5.41, 5.74) is 2.70. The highest BCUT2D eigenvalue weighted by Crippen LogP contribution is 2.36. The lowest BCUT2D eigenvalue weighted by atomic mass is 10.0. The lowest BCUT2D eigenvalue weighted by Gasteiger charge is -2.15. The Kier molecular flexibility index (Phi) is 4.48. The molecule has 0 radical (unpaired) electrons. The maximum atomic E-state index is 10.4. The van der Waals surface area contributed by atoms with Crippen LogP contribution in [0.3, 0.4) is 0 Å². The molecule has 0 saturated heterocycles. The molecule has 5 heteroatoms. The summed E-state index contributed by atoms with van der Waals surface area (Å²) in [5, 5.41) is 12.3. The largest absolute Gasteiger partial charge is 0.496 e.